The first-order chi connectivity index (χ1) is 8.39. The minimum Gasteiger partial charge on any atom is -0.373 e. The third-order valence-electron chi connectivity index (χ3n) is 3.42. The van der Waals surface area contributed by atoms with Gasteiger partial charge in [-0.25, -0.2) is 0 Å². The van der Waals surface area contributed by atoms with E-state index in [1.807, 2.05) is 7.05 Å². The van der Waals surface area contributed by atoms with E-state index in [0.717, 1.165) is 25.6 Å². The topological polar surface area (TPSA) is 48.9 Å². The molecule has 1 fully saturated rings. The molecule has 0 radical (unpaired) electrons. The highest BCUT2D eigenvalue weighted by Crippen LogP contribution is 2.20. The van der Waals surface area contributed by atoms with Crippen LogP contribution in [0.15, 0.2) is 4.99 Å². The summed E-state index contributed by atoms with van der Waals surface area (Å²) in [5.41, 5.74) is 0.0824. The molecule has 2 unspecified atom stereocenters. The molecule has 2 N–H and O–H groups in total. The molecule has 0 saturated carbocycles. The number of ether oxygens (including phenoxy) is 1. The number of rotatable bonds is 3. The fraction of sp³-hybridized carbons (Fsp3) is 0.923. The molecule has 1 saturated heterocycles. The normalized spacial score (nSPS) is 25.7. The Kier molecular flexibility index (Phi) is 8.23. The Hall–Kier alpha value is -0.0800. The molecule has 0 aromatic carbocycles. The highest BCUT2D eigenvalue weighted by Gasteiger charge is 2.33. The molecule has 0 aromatic heterocycles. The van der Waals surface area contributed by atoms with Crippen molar-refractivity contribution in [2.45, 2.75) is 45.4 Å². The molecule has 1 heterocycles. The Balaban J connectivity index is 0.00000324. The highest BCUT2D eigenvalue weighted by molar-refractivity contribution is 14.0. The molecule has 1 aliphatic heterocycles. The Bertz CT molecular complexity index is 286. The maximum Gasteiger partial charge on any atom is 0.190 e. The van der Waals surface area contributed by atoms with E-state index in [1.54, 1.807) is 7.05 Å². The first-order valence-corrected chi connectivity index (χ1v) is 6.68. The second-order valence-corrected chi connectivity index (χ2v) is 5.65. The van der Waals surface area contributed by atoms with Crippen molar-refractivity contribution in [3.05, 3.63) is 0 Å². The Morgan fingerprint density at radius 1 is 1.32 bits per heavy atom. The number of hydrogen-bond donors (Lipinski definition) is 2. The van der Waals surface area contributed by atoms with Crippen molar-refractivity contribution in [1.29, 1.82) is 0 Å². The molecule has 19 heavy (non-hydrogen) atoms. The minimum absolute atomic E-state index is 0. The summed E-state index contributed by atoms with van der Waals surface area (Å²) in [7, 11) is 3.66. The lowest BCUT2D eigenvalue weighted by atomic mass is 10.00. The molecule has 0 aromatic rings. The zero-order valence-corrected chi connectivity index (χ0v) is 15.3. The van der Waals surface area contributed by atoms with Crippen LogP contribution in [0.2, 0.25) is 0 Å². The quantitative estimate of drug-likeness (QED) is 0.438. The molecular formula is C13H29IN4O. The second-order valence-electron chi connectivity index (χ2n) is 5.65. The van der Waals surface area contributed by atoms with E-state index in [9.17, 15) is 0 Å². The van der Waals surface area contributed by atoms with Crippen LogP contribution in [0, 0.1) is 0 Å². The Morgan fingerprint density at radius 3 is 2.26 bits per heavy atom. The summed E-state index contributed by atoms with van der Waals surface area (Å²) in [4.78, 5) is 6.62. The SMILES string of the molecule is CN=C(NC)NCC(C)(C)N1CC(C)OC(C)C1.I. The molecule has 0 spiro atoms. The average Bonchev–Trinajstić information content (AvgIpc) is 2.29. The molecule has 6 heteroatoms. The van der Waals surface area contributed by atoms with Crippen LogP contribution in [0.5, 0.6) is 0 Å². The van der Waals surface area contributed by atoms with Crippen molar-refractivity contribution in [1.82, 2.24) is 15.5 Å². The Labute approximate surface area is 134 Å². The van der Waals surface area contributed by atoms with Crippen LogP contribution in [0.1, 0.15) is 27.7 Å². The van der Waals surface area contributed by atoms with E-state index in [2.05, 4.69) is 48.2 Å². The van der Waals surface area contributed by atoms with Gasteiger partial charge in [-0.1, -0.05) is 0 Å². The summed E-state index contributed by atoms with van der Waals surface area (Å²) in [6, 6.07) is 0. The van der Waals surface area contributed by atoms with Gasteiger partial charge in [0.1, 0.15) is 0 Å². The summed E-state index contributed by atoms with van der Waals surface area (Å²) < 4.78 is 5.78. The number of morpholine rings is 1. The van der Waals surface area contributed by atoms with Crippen molar-refractivity contribution in [3.63, 3.8) is 0 Å². The van der Waals surface area contributed by atoms with Crippen LogP contribution in [-0.2, 0) is 4.74 Å². The van der Waals surface area contributed by atoms with Gasteiger partial charge in [-0.2, -0.15) is 0 Å². The molecule has 114 valence electrons. The summed E-state index contributed by atoms with van der Waals surface area (Å²) in [6.07, 6.45) is 0.605. The van der Waals surface area contributed by atoms with Crippen molar-refractivity contribution in [3.8, 4) is 0 Å². The molecule has 0 amide bonds. The van der Waals surface area contributed by atoms with Gasteiger partial charge < -0.3 is 15.4 Å². The smallest absolute Gasteiger partial charge is 0.190 e. The second kappa shape index (κ2) is 8.26. The maximum absolute atomic E-state index is 5.78. The lowest BCUT2D eigenvalue weighted by Crippen LogP contribution is -2.59. The van der Waals surface area contributed by atoms with E-state index < -0.39 is 0 Å². The van der Waals surface area contributed by atoms with E-state index in [0.29, 0.717) is 12.2 Å². The molecule has 0 aliphatic carbocycles. The largest absolute Gasteiger partial charge is 0.373 e. The maximum atomic E-state index is 5.78. The Morgan fingerprint density at radius 2 is 1.84 bits per heavy atom. The van der Waals surface area contributed by atoms with Gasteiger partial charge in [-0.15, -0.1) is 24.0 Å². The third kappa shape index (κ3) is 5.83. The number of nitrogens with zero attached hydrogens (tertiary/aromatic N) is 2. The third-order valence-corrected chi connectivity index (χ3v) is 3.42. The predicted octanol–water partition coefficient (Wildman–Crippen LogP) is 1.29. The standard InChI is InChI=1S/C13H28N4O.HI/c1-10-7-17(8-11(2)18-10)13(3,4)9-16-12(14-5)15-6;/h10-11H,7-9H2,1-6H3,(H2,14,15,16);1H. The number of guanidine groups is 1. The zero-order chi connectivity index (χ0) is 13.8. The first kappa shape index (κ1) is 18.9. The molecule has 1 aliphatic rings. The molecule has 0 bridgehead atoms. The van der Waals surface area contributed by atoms with Gasteiger partial charge in [0.15, 0.2) is 5.96 Å². The molecule has 1 rings (SSSR count). The number of nitrogens with one attached hydrogen (secondary N) is 2. The van der Waals surface area contributed by atoms with Crippen LogP contribution in [0.4, 0.5) is 0 Å². The van der Waals surface area contributed by atoms with Crippen molar-refractivity contribution >= 4 is 29.9 Å². The molecule has 5 nitrogen and oxygen atoms in total. The number of hydrogen-bond acceptors (Lipinski definition) is 3. The average molecular weight is 384 g/mol. The summed E-state index contributed by atoms with van der Waals surface area (Å²) in [5.74, 6) is 0.831. The van der Waals surface area contributed by atoms with Gasteiger partial charge in [0.2, 0.25) is 0 Å². The van der Waals surface area contributed by atoms with Crippen LogP contribution in [-0.4, -0.2) is 62.3 Å². The van der Waals surface area contributed by atoms with E-state index in [-0.39, 0.29) is 29.5 Å². The van der Waals surface area contributed by atoms with Gasteiger partial charge in [0.25, 0.3) is 0 Å². The zero-order valence-electron chi connectivity index (χ0n) is 13.0. The van der Waals surface area contributed by atoms with E-state index in [4.69, 9.17) is 4.74 Å². The van der Waals surface area contributed by atoms with Gasteiger partial charge in [-0.05, 0) is 27.7 Å². The first-order valence-electron chi connectivity index (χ1n) is 6.68. The summed E-state index contributed by atoms with van der Waals surface area (Å²) >= 11 is 0. The van der Waals surface area contributed by atoms with Crippen molar-refractivity contribution < 1.29 is 4.74 Å². The number of halogens is 1. The summed E-state index contributed by atoms with van der Waals surface area (Å²) in [6.45, 7) is 11.6. The van der Waals surface area contributed by atoms with Crippen molar-refractivity contribution in [2.75, 3.05) is 33.7 Å². The van der Waals surface area contributed by atoms with Crippen LogP contribution < -0.4 is 10.6 Å². The predicted molar refractivity (Wildman–Crippen MR) is 91.5 cm³/mol. The van der Waals surface area contributed by atoms with Gasteiger partial charge >= 0.3 is 0 Å². The van der Waals surface area contributed by atoms with Crippen LogP contribution in [0.3, 0.4) is 0 Å². The lowest BCUT2D eigenvalue weighted by Gasteiger charge is -2.45. The van der Waals surface area contributed by atoms with Crippen molar-refractivity contribution in [2.24, 2.45) is 4.99 Å². The monoisotopic (exact) mass is 384 g/mol. The van der Waals surface area contributed by atoms with E-state index in [1.165, 1.54) is 0 Å². The minimum atomic E-state index is 0. The van der Waals surface area contributed by atoms with Crippen LogP contribution in [0.25, 0.3) is 0 Å². The lowest BCUT2D eigenvalue weighted by molar-refractivity contribution is -0.0946. The van der Waals surface area contributed by atoms with Gasteiger partial charge in [0.05, 0.1) is 12.2 Å². The van der Waals surface area contributed by atoms with Crippen LogP contribution >= 0.6 is 24.0 Å². The van der Waals surface area contributed by atoms with E-state index >= 15 is 0 Å². The molecule has 2 atom stereocenters. The highest BCUT2D eigenvalue weighted by atomic mass is 127. The molecular weight excluding hydrogens is 355 g/mol. The fourth-order valence-corrected chi connectivity index (χ4v) is 2.36. The van der Waals surface area contributed by atoms with Gasteiger partial charge in [-0.3, -0.25) is 9.89 Å². The number of aliphatic imine (C=N–C) groups is 1. The van der Waals surface area contributed by atoms with Gasteiger partial charge in [0, 0.05) is 39.3 Å². The summed E-state index contributed by atoms with van der Waals surface area (Å²) in [5, 5.41) is 6.38. The fourth-order valence-electron chi connectivity index (χ4n) is 2.36.